The van der Waals surface area contributed by atoms with Crippen LogP contribution in [0.5, 0.6) is 0 Å². The lowest BCUT2D eigenvalue weighted by molar-refractivity contribution is -0.320. The number of esters is 3. The lowest BCUT2D eigenvalue weighted by Gasteiger charge is -2.51. The number of rotatable bonds is 14. The molecule has 0 aromatic rings. The summed E-state index contributed by atoms with van der Waals surface area (Å²) in [7, 11) is 0. The van der Waals surface area contributed by atoms with Crippen LogP contribution in [0.2, 0.25) is 0 Å². The number of alkyl halides is 9. The molecule has 3 aliphatic heterocycles. The number of carbonyl (C=O) groups is 3. The number of carbonyl (C=O) groups excluding carboxylic acids is 3. The molecular formula is C45H63F9O10. The second kappa shape index (κ2) is 17.0. The van der Waals surface area contributed by atoms with Crippen molar-refractivity contribution >= 4 is 17.9 Å². The van der Waals surface area contributed by atoms with E-state index in [1.54, 1.807) is 13.8 Å². The molecule has 4 saturated carbocycles. The largest absolute Gasteiger partial charge is 0.459 e. The highest BCUT2D eigenvalue weighted by Gasteiger charge is 2.73. The molecule has 7 rings (SSSR count). The van der Waals surface area contributed by atoms with Gasteiger partial charge < -0.3 is 33.2 Å². The normalized spacial score (nSPS) is 39.4. The van der Waals surface area contributed by atoms with Gasteiger partial charge in [0.05, 0.1) is 24.2 Å². The van der Waals surface area contributed by atoms with Crippen molar-refractivity contribution in [3.05, 3.63) is 0 Å². The topological polar surface area (TPSA) is 116 Å². The second-order valence-corrected chi connectivity index (χ2v) is 21.4. The van der Waals surface area contributed by atoms with Gasteiger partial charge in [0.15, 0.2) is 22.7 Å². The zero-order chi connectivity index (χ0) is 47.3. The van der Waals surface area contributed by atoms with Gasteiger partial charge in [-0.3, -0.25) is 14.4 Å². The van der Waals surface area contributed by atoms with Crippen molar-refractivity contribution in [3.63, 3.8) is 0 Å². The van der Waals surface area contributed by atoms with Crippen LogP contribution >= 0.6 is 0 Å². The molecular weight excluding hydrogens is 871 g/mol. The molecule has 0 aromatic heterocycles. The summed E-state index contributed by atoms with van der Waals surface area (Å²) >= 11 is 0. The molecule has 18 unspecified atom stereocenters. The third kappa shape index (κ3) is 8.68. The van der Waals surface area contributed by atoms with Crippen LogP contribution in [0.1, 0.15) is 120 Å². The summed E-state index contributed by atoms with van der Waals surface area (Å²) in [6.07, 6.45) is -24.6. The van der Waals surface area contributed by atoms with Crippen molar-refractivity contribution in [3.8, 4) is 0 Å². The van der Waals surface area contributed by atoms with Gasteiger partial charge >= 0.3 is 36.4 Å². The predicted octanol–water partition coefficient (Wildman–Crippen LogP) is 9.69. The maximum atomic E-state index is 16.6. The highest BCUT2D eigenvalue weighted by Crippen LogP contribution is 2.63. The Balaban J connectivity index is 1.24. The van der Waals surface area contributed by atoms with Crippen LogP contribution in [0.15, 0.2) is 0 Å². The van der Waals surface area contributed by atoms with E-state index in [0.29, 0.717) is 32.6 Å². The fourth-order valence-corrected chi connectivity index (χ4v) is 13.0. The maximum Gasteiger partial charge on any atom is 0.417 e. The Morgan fingerprint density at radius 1 is 0.766 bits per heavy atom. The van der Waals surface area contributed by atoms with Crippen molar-refractivity contribution in [2.75, 3.05) is 13.2 Å². The van der Waals surface area contributed by atoms with Gasteiger partial charge in [-0.2, -0.15) is 39.5 Å². The summed E-state index contributed by atoms with van der Waals surface area (Å²) in [5.74, 6) is -9.32. The van der Waals surface area contributed by atoms with E-state index in [0.717, 1.165) is 6.92 Å². The smallest absolute Gasteiger partial charge is 0.417 e. The van der Waals surface area contributed by atoms with Gasteiger partial charge in [-0.05, 0) is 142 Å². The van der Waals surface area contributed by atoms with Gasteiger partial charge in [-0.25, -0.2) is 0 Å². The minimum absolute atomic E-state index is 0.0728. The number of fused-ring (bicyclic) bond motifs is 6. The van der Waals surface area contributed by atoms with Gasteiger partial charge in [0, 0.05) is 31.0 Å². The lowest BCUT2D eigenvalue weighted by atomic mass is 9.62. The van der Waals surface area contributed by atoms with Crippen LogP contribution in [-0.4, -0.2) is 97.7 Å². The zero-order valence-corrected chi connectivity index (χ0v) is 37.6. The Bertz CT molecular complexity index is 1750. The zero-order valence-electron chi connectivity index (χ0n) is 37.6. The number of hydrogen-bond donors (Lipinski definition) is 0. The molecule has 3 heterocycles. The van der Waals surface area contributed by atoms with E-state index in [1.807, 2.05) is 0 Å². The van der Waals surface area contributed by atoms with Gasteiger partial charge in [0.1, 0.15) is 17.8 Å². The minimum atomic E-state index is -5.50. The van der Waals surface area contributed by atoms with E-state index in [-0.39, 0.29) is 43.8 Å². The lowest BCUT2D eigenvalue weighted by Crippen LogP contribution is -2.61. The molecule has 366 valence electrons. The van der Waals surface area contributed by atoms with E-state index in [9.17, 15) is 27.6 Å². The fraction of sp³-hybridized carbons (Fsp3) is 0.933. The number of hydrogen-bond acceptors (Lipinski definition) is 10. The predicted molar refractivity (Wildman–Crippen MR) is 207 cm³/mol. The third-order valence-corrected chi connectivity index (χ3v) is 16.1. The molecule has 4 aliphatic carbocycles. The molecule has 7 fully saturated rings. The van der Waals surface area contributed by atoms with Crippen LogP contribution < -0.4 is 0 Å². The first-order valence-electron chi connectivity index (χ1n) is 22.9. The van der Waals surface area contributed by atoms with Gasteiger partial charge in [-0.1, -0.05) is 6.92 Å². The number of ether oxygens (including phenoxy) is 7. The first kappa shape index (κ1) is 49.5. The average molecular weight is 935 g/mol. The molecule has 3 saturated heterocycles. The second-order valence-electron chi connectivity index (χ2n) is 21.4. The maximum absolute atomic E-state index is 16.6. The van der Waals surface area contributed by atoms with Gasteiger partial charge in [0.2, 0.25) is 0 Å². The SMILES string of the molecule is CCOC(C)OC(C)(CC1CC2CC1C1OC(CC(C(=O)OC3C4CC5C(=O)OC3C5C4)(C3CCCOC3CC(C)(C(=O)OC(C)(C)C)C(F)(F)F)C(F)(F)F)C(C)CC21)C(F)(F)F. The van der Waals surface area contributed by atoms with Crippen LogP contribution in [0.25, 0.3) is 0 Å². The molecule has 18 atom stereocenters. The first-order valence-corrected chi connectivity index (χ1v) is 22.9. The van der Waals surface area contributed by atoms with E-state index in [1.165, 1.54) is 27.7 Å². The molecule has 4 bridgehead atoms. The van der Waals surface area contributed by atoms with E-state index < -0.39 is 156 Å². The monoisotopic (exact) mass is 934 g/mol. The Hall–Kier alpha value is -2.38. The summed E-state index contributed by atoms with van der Waals surface area (Å²) in [6, 6.07) is 0. The quantitative estimate of drug-likeness (QED) is 0.0722. The van der Waals surface area contributed by atoms with Crippen molar-refractivity contribution < 1.29 is 87.1 Å². The van der Waals surface area contributed by atoms with Crippen LogP contribution in [0, 0.1) is 64.1 Å². The van der Waals surface area contributed by atoms with Gasteiger partial charge in [-0.15, -0.1) is 0 Å². The first-order chi connectivity index (χ1) is 29.4. The van der Waals surface area contributed by atoms with Crippen LogP contribution in [-0.2, 0) is 47.5 Å². The Labute approximate surface area is 368 Å². The third-order valence-electron chi connectivity index (χ3n) is 16.1. The molecule has 0 spiro atoms. The summed E-state index contributed by atoms with van der Waals surface area (Å²) in [5, 5.41) is 0. The Morgan fingerprint density at radius 2 is 1.44 bits per heavy atom. The molecule has 0 radical (unpaired) electrons. The Kier molecular flexibility index (Phi) is 13.1. The molecule has 64 heavy (non-hydrogen) atoms. The van der Waals surface area contributed by atoms with E-state index in [4.69, 9.17) is 33.2 Å². The number of halogens is 9. The van der Waals surface area contributed by atoms with E-state index >= 15 is 26.3 Å². The summed E-state index contributed by atoms with van der Waals surface area (Å²) < 4.78 is 179. The minimum Gasteiger partial charge on any atom is -0.459 e. The molecule has 7 aliphatic rings. The highest BCUT2D eigenvalue weighted by molar-refractivity contribution is 5.81. The summed E-state index contributed by atoms with van der Waals surface area (Å²) in [5.41, 5.74) is -10.9. The van der Waals surface area contributed by atoms with Crippen molar-refractivity contribution in [1.82, 2.24) is 0 Å². The fourth-order valence-electron chi connectivity index (χ4n) is 13.0. The molecule has 0 aromatic carbocycles. The molecule has 0 N–H and O–H groups in total. The van der Waals surface area contributed by atoms with Crippen LogP contribution in [0.3, 0.4) is 0 Å². The molecule has 10 nitrogen and oxygen atoms in total. The standard InChI is InChI=1S/C45H63F9O10/c1-9-58-22(3)63-41(8,44(49,50)51)18-25-14-23-15-27(25)34-26(23)13-21(2)31(60-34)20-42(45(52,53)54,38(57)62-33-24-16-28-29(17-24)36(55)61-35(28)33)30-11-10-12-59-32(30)19-40(7,43(46,47)48)37(56)64-39(4,5)6/h21-35H,9-20H2,1-8H3. The summed E-state index contributed by atoms with van der Waals surface area (Å²) in [6.45, 7) is 10.1. The summed E-state index contributed by atoms with van der Waals surface area (Å²) in [4.78, 5) is 41.0. The van der Waals surface area contributed by atoms with Gasteiger partial charge in [0.25, 0.3) is 0 Å². The van der Waals surface area contributed by atoms with Crippen LogP contribution in [0.4, 0.5) is 39.5 Å². The van der Waals surface area contributed by atoms with Crippen molar-refractivity contribution in [2.24, 2.45) is 64.1 Å². The average Bonchev–Trinajstić information content (AvgIpc) is 3.96. The molecule has 0 amide bonds. The van der Waals surface area contributed by atoms with E-state index in [2.05, 4.69) is 0 Å². The Morgan fingerprint density at radius 3 is 2.05 bits per heavy atom. The van der Waals surface area contributed by atoms with Crippen molar-refractivity contribution in [1.29, 1.82) is 0 Å². The molecule has 19 heteroatoms. The highest BCUT2D eigenvalue weighted by atomic mass is 19.4. The van der Waals surface area contributed by atoms with Crippen molar-refractivity contribution in [2.45, 2.75) is 186 Å².